The van der Waals surface area contributed by atoms with Gasteiger partial charge < -0.3 is 5.32 Å². The summed E-state index contributed by atoms with van der Waals surface area (Å²) in [6.07, 6.45) is 3.04. The smallest absolute Gasteiger partial charge is 0.247 e. The maximum atomic E-state index is 12.5. The van der Waals surface area contributed by atoms with Gasteiger partial charge >= 0.3 is 0 Å². The Bertz CT molecular complexity index is 808. The van der Waals surface area contributed by atoms with Gasteiger partial charge in [-0.3, -0.25) is 9.10 Å². The Morgan fingerprint density at radius 2 is 1.79 bits per heavy atom. The Morgan fingerprint density at radius 1 is 1.12 bits per heavy atom. The van der Waals surface area contributed by atoms with E-state index in [2.05, 4.69) is 5.32 Å². The highest BCUT2D eigenvalue weighted by atomic mass is 32.2. The maximum Gasteiger partial charge on any atom is 0.247 e. The van der Waals surface area contributed by atoms with Gasteiger partial charge in [0.2, 0.25) is 15.9 Å². The van der Waals surface area contributed by atoms with E-state index in [0.29, 0.717) is 11.4 Å². The van der Waals surface area contributed by atoms with Crippen molar-refractivity contribution in [1.82, 2.24) is 0 Å². The van der Waals surface area contributed by atoms with Crippen LogP contribution in [0.15, 0.2) is 59.5 Å². The average Bonchev–Trinajstić information content (AvgIpc) is 2.54. The molecule has 2 aromatic rings. The Morgan fingerprint density at radius 3 is 2.38 bits per heavy atom. The number of thioether (sulfide) groups is 1. The number of rotatable bonds is 6. The molecule has 0 spiro atoms. The second-order valence-corrected chi connectivity index (χ2v) is 8.03. The molecular weight excluding hydrogens is 344 g/mol. The van der Waals surface area contributed by atoms with Crippen LogP contribution < -0.4 is 9.62 Å². The van der Waals surface area contributed by atoms with Gasteiger partial charge in [-0.25, -0.2) is 8.42 Å². The number of hydrogen-bond acceptors (Lipinski definition) is 4. The molecular formula is C17H20N2O3S2. The van der Waals surface area contributed by atoms with Crippen LogP contribution in [0.5, 0.6) is 0 Å². The molecule has 7 heteroatoms. The van der Waals surface area contributed by atoms with Crippen LogP contribution in [0.1, 0.15) is 6.92 Å². The van der Waals surface area contributed by atoms with Crippen LogP contribution in [-0.4, -0.2) is 32.9 Å². The van der Waals surface area contributed by atoms with Crippen LogP contribution in [-0.2, 0) is 14.8 Å². The summed E-state index contributed by atoms with van der Waals surface area (Å²) in [5.74, 6) is -0.387. The number of para-hydroxylation sites is 1. The molecule has 0 aliphatic carbocycles. The molecule has 0 heterocycles. The average molecular weight is 364 g/mol. The number of nitrogens with one attached hydrogen (secondary N) is 1. The summed E-state index contributed by atoms with van der Waals surface area (Å²) >= 11 is 1.57. The standard InChI is InChI=1S/C17H20N2O3S2/c1-13(17(20)18-14-8-7-11-16(12-14)23-2)19(24(3,21)22)15-9-5-4-6-10-15/h4-13H,1-3H3,(H,18,20)/t13-/m0/s1. The summed E-state index contributed by atoms with van der Waals surface area (Å²) in [7, 11) is -3.60. The van der Waals surface area contributed by atoms with Crippen LogP contribution in [0.4, 0.5) is 11.4 Å². The van der Waals surface area contributed by atoms with Crippen molar-refractivity contribution in [2.24, 2.45) is 0 Å². The van der Waals surface area contributed by atoms with Crippen LogP contribution in [0.3, 0.4) is 0 Å². The predicted molar refractivity (Wildman–Crippen MR) is 100 cm³/mol. The number of amides is 1. The van der Waals surface area contributed by atoms with Crippen molar-refractivity contribution in [2.75, 3.05) is 22.1 Å². The lowest BCUT2D eigenvalue weighted by atomic mass is 10.2. The number of benzene rings is 2. The molecule has 1 amide bonds. The summed E-state index contributed by atoms with van der Waals surface area (Å²) in [5, 5.41) is 2.78. The van der Waals surface area contributed by atoms with E-state index in [1.807, 2.05) is 24.5 Å². The normalized spacial score (nSPS) is 12.5. The summed E-state index contributed by atoms with van der Waals surface area (Å²) < 4.78 is 25.5. The fourth-order valence-electron chi connectivity index (χ4n) is 2.33. The minimum Gasteiger partial charge on any atom is -0.324 e. The van der Waals surface area contributed by atoms with Gasteiger partial charge in [0.05, 0.1) is 11.9 Å². The van der Waals surface area contributed by atoms with Gasteiger partial charge in [-0.2, -0.15) is 0 Å². The Labute approximate surface area is 147 Å². The van der Waals surface area contributed by atoms with Crippen LogP contribution in [0, 0.1) is 0 Å². The number of carbonyl (C=O) groups excluding carboxylic acids is 1. The Hall–Kier alpha value is -1.99. The van der Waals surface area contributed by atoms with E-state index >= 15 is 0 Å². The van der Waals surface area contributed by atoms with Gasteiger partial charge in [0.25, 0.3) is 0 Å². The summed E-state index contributed by atoms with van der Waals surface area (Å²) in [4.78, 5) is 13.6. The molecule has 0 unspecified atom stereocenters. The number of hydrogen-bond donors (Lipinski definition) is 1. The lowest BCUT2D eigenvalue weighted by Crippen LogP contribution is -2.45. The first-order valence-electron chi connectivity index (χ1n) is 7.32. The number of anilines is 2. The molecule has 128 valence electrons. The molecule has 0 saturated carbocycles. The molecule has 0 bridgehead atoms. The first-order valence-corrected chi connectivity index (χ1v) is 10.4. The highest BCUT2D eigenvalue weighted by molar-refractivity contribution is 7.98. The number of nitrogens with zero attached hydrogens (tertiary/aromatic N) is 1. The fraction of sp³-hybridized carbons (Fsp3) is 0.235. The molecule has 0 radical (unpaired) electrons. The number of carbonyl (C=O) groups is 1. The van der Waals surface area contributed by atoms with Crippen molar-refractivity contribution in [1.29, 1.82) is 0 Å². The van der Waals surface area contributed by atoms with Gasteiger partial charge in [0, 0.05) is 10.6 Å². The minimum absolute atomic E-state index is 0.387. The second kappa shape index (κ2) is 7.72. The first kappa shape index (κ1) is 18.4. The molecule has 2 rings (SSSR count). The van der Waals surface area contributed by atoms with Crippen molar-refractivity contribution in [2.45, 2.75) is 17.9 Å². The van der Waals surface area contributed by atoms with Gasteiger partial charge in [-0.15, -0.1) is 11.8 Å². The quantitative estimate of drug-likeness (QED) is 0.800. The van der Waals surface area contributed by atoms with Crippen LogP contribution >= 0.6 is 11.8 Å². The molecule has 0 fully saturated rings. The maximum absolute atomic E-state index is 12.5. The van der Waals surface area contributed by atoms with E-state index in [9.17, 15) is 13.2 Å². The van der Waals surface area contributed by atoms with Gasteiger partial charge in [0.15, 0.2) is 0 Å². The number of sulfonamides is 1. The van der Waals surface area contributed by atoms with Crippen molar-refractivity contribution in [3.05, 3.63) is 54.6 Å². The second-order valence-electron chi connectivity index (χ2n) is 5.29. The van der Waals surface area contributed by atoms with Gasteiger partial charge in [-0.1, -0.05) is 24.3 Å². The van der Waals surface area contributed by atoms with Crippen LogP contribution in [0.2, 0.25) is 0 Å². The largest absolute Gasteiger partial charge is 0.324 e. The summed E-state index contributed by atoms with van der Waals surface area (Å²) in [6, 6.07) is 15.1. The van der Waals surface area contributed by atoms with Crippen molar-refractivity contribution in [3.63, 3.8) is 0 Å². The molecule has 2 aromatic carbocycles. The fourth-order valence-corrected chi connectivity index (χ4v) is 3.97. The van der Waals surface area contributed by atoms with E-state index in [-0.39, 0.29) is 5.91 Å². The van der Waals surface area contributed by atoms with E-state index in [0.717, 1.165) is 15.5 Å². The lowest BCUT2D eigenvalue weighted by Gasteiger charge is -2.28. The highest BCUT2D eigenvalue weighted by Gasteiger charge is 2.29. The molecule has 24 heavy (non-hydrogen) atoms. The zero-order chi connectivity index (χ0) is 17.7. The zero-order valence-corrected chi connectivity index (χ0v) is 15.4. The molecule has 0 aliphatic rings. The van der Waals surface area contributed by atoms with Crippen molar-refractivity contribution in [3.8, 4) is 0 Å². The topological polar surface area (TPSA) is 66.5 Å². The lowest BCUT2D eigenvalue weighted by molar-refractivity contribution is -0.116. The summed E-state index contributed by atoms with van der Waals surface area (Å²) in [5.41, 5.74) is 1.10. The monoisotopic (exact) mass is 364 g/mol. The SMILES string of the molecule is CSc1cccc(NC(=O)[C@H](C)N(c2ccccc2)S(C)(=O)=O)c1. The molecule has 1 atom stereocenters. The molecule has 5 nitrogen and oxygen atoms in total. The van der Waals surface area contributed by atoms with Crippen molar-refractivity contribution >= 4 is 39.1 Å². The first-order chi connectivity index (χ1) is 11.3. The Balaban J connectivity index is 2.26. The van der Waals surface area contributed by atoms with E-state index < -0.39 is 16.1 Å². The molecule has 0 aliphatic heterocycles. The predicted octanol–water partition coefficient (Wildman–Crippen LogP) is 3.20. The summed E-state index contributed by atoms with van der Waals surface area (Å²) in [6.45, 7) is 1.57. The van der Waals surface area contributed by atoms with E-state index in [1.165, 1.54) is 0 Å². The van der Waals surface area contributed by atoms with E-state index in [4.69, 9.17) is 0 Å². The van der Waals surface area contributed by atoms with Crippen molar-refractivity contribution < 1.29 is 13.2 Å². The zero-order valence-electron chi connectivity index (χ0n) is 13.8. The minimum atomic E-state index is -3.60. The Kier molecular flexibility index (Phi) is 5.90. The van der Waals surface area contributed by atoms with E-state index in [1.54, 1.807) is 55.1 Å². The highest BCUT2D eigenvalue weighted by Crippen LogP contribution is 2.22. The molecule has 1 N–H and O–H groups in total. The van der Waals surface area contributed by atoms with Crippen LogP contribution in [0.25, 0.3) is 0 Å². The third-order valence-electron chi connectivity index (χ3n) is 3.44. The third kappa shape index (κ3) is 4.52. The molecule has 0 aromatic heterocycles. The van der Waals surface area contributed by atoms with Gasteiger partial charge in [-0.05, 0) is 43.5 Å². The van der Waals surface area contributed by atoms with Gasteiger partial charge in [0.1, 0.15) is 6.04 Å². The third-order valence-corrected chi connectivity index (χ3v) is 5.40. The molecule has 0 saturated heterocycles.